The number of nitrogens with zero attached hydrogens (tertiary/aromatic N) is 3. The molecule has 0 spiro atoms. The number of hydrogen-bond donors (Lipinski definition) is 2. The lowest BCUT2D eigenvalue weighted by atomic mass is 9.65. The molecule has 0 aromatic heterocycles. The normalized spacial score (nSPS) is 39.3. The number of rotatable bonds is 6. The summed E-state index contributed by atoms with van der Waals surface area (Å²) in [4.78, 5) is 47.0. The number of nitrogens with one attached hydrogen (secondary N) is 2. The van der Waals surface area contributed by atoms with Crippen molar-refractivity contribution in [2.24, 2.45) is 17.8 Å². The van der Waals surface area contributed by atoms with Gasteiger partial charge in [0, 0.05) is 38.3 Å². The van der Waals surface area contributed by atoms with E-state index in [-0.39, 0.29) is 47.9 Å². The van der Waals surface area contributed by atoms with Gasteiger partial charge < -0.3 is 34.8 Å². The lowest BCUT2D eigenvalue weighted by molar-refractivity contribution is -0.208. The van der Waals surface area contributed by atoms with Gasteiger partial charge in [0.2, 0.25) is 0 Å². The number of carbonyl (C=O) groups excluding carboxylic acids is 3. The minimum Gasteiger partial charge on any atom is -0.444 e. The minimum absolute atomic E-state index is 0.0376. The average molecular weight is 644 g/mol. The van der Waals surface area contributed by atoms with Crippen LogP contribution in [-0.2, 0) is 19.1 Å². The second-order valence-corrected chi connectivity index (χ2v) is 16.1. The smallest absolute Gasteiger partial charge is 0.407 e. The van der Waals surface area contributed by atoms with Crippen molar-refractivity contribution >= 4 is 17.8 Å². The van der Waals surface area contributed by atoms with Crippen molar-refractivity contribution in [1.29, 1.82) is 0 Å². The molecule has 10 nitrogen and oxygen atoms in total. The van der Waals surface area contributed by atoms with E-state index in [0.29, 0.717) is 37.9 Å². The second kappa shape index (κ2) is 13.0. The van der Waals surface area contributed by atoms with Crippen molar-refractivity contribution < 1.29 is 28.2 Å². The number of likely N-dealkylation sites (tertiary alicyclic amines) is 2. The molecule has 7 aliphatic rings. The Morgan fingerprint density at radius 3 is 2.50 bits per heavy atom. The SMILES string of the molecule is CC(C)(C)OC(=O)N[C@@H]1CCN(C(=O)C2=CN3C4CC5CCCCC5CC4OC4C(NCCN5CCCC5)C(F)CC(C2=O)C43)C1. The maximum atomic E-state index is 16.2. The first-order valence-corrected chi connectivity index (χ1v) is 18.1. The summed E-state index contributed by atoms with van der Waals surface area (Å²) in [6, 6.07) is -0.919. The van der Waals surface area contributed by atoms with Crippen LogP contribution < -0.4 is 10.6 Å². The Morgan fingerprint density at radius 1 is 1.02 bits per heavy atom. The van der Waals surface area contributed by atoms with Crippen LogP contribution in [0.4, 0.5) is 9.18 Å². The molecular formula is C35H54FN5O5. The number of ketones is 1. The molecule has 3 saturated heterocycles. The fourth-order valence-electron chi connectivity index (χ4n) is 9.79. The van der Waals surface area contributed by atoms with Crippen LogP contribution in [0.25, 0.3) is 0 Å². The van der Waals surface area contributed by atoms with Crippen LogP contribution in [0.3, 0.4) is 0 Å². The fourth-order valence-corrected chi connectivity index (χ4v) is 9.79. The molecular weight excluding hydrogens is 589 g/mol. The molecule has 0 aromatic rings. The van der Waals surface area contributed by atoms with Gasteiger partial charge in [-0.05, 0) is 84.2 Å². The molecule has 2 N–H and O–H groups in total. The van der Waals surface area contributed by atoms with Gasteiger partial charge >= 0.3 is 6.09 Å². The van der Waals surface area contributed by atoms with E-state index >= 15 is 4.39 Å². The topological polar surface area (TPSA) is 103 Å². The Labute approximate surface area is 273 Å². The molecule has 46 heavy (non-hydrogen) atoms. The number of halogens is 1. The molecule has 11 heteroatoms. The van der Waals surface area contributed by atoms with E-state index in [4.69, 9.17) is 9.47 Å². The van der Waals surface area contributed by atoms with Gasteiger partial charge in [-0.15, -0.1) is 0 Å². The Hall–Kier alpha value is -2.24. The molecule has 3 aliphatic carbocycles. The molecule has 9 unspecified atom stereocenters. The first-order chi connectivity index (χ1) is 22.1. The fraction of sp³-hybridized carbons (Fsp3) is 0.857. The lowest BCUT2D eigenvalue weighted by Crippen LogP contribution is -2.73. The molecule has 3 saturated carbocycles. The molecule has 4 aliphatic heterocycles. The monoisotopic (exact) mass is 643 g/mol. The zero-order valence-corrected chi connectivity index (χ0v) is 27.9. The Bertz CT molecular complexity index is 1200. The molecule has 0 radical (unpaired) electrons. The summed E-state index contributed by atoms with van der Waals surface area (Å²) in [7, 11) is 0. The second-order valence-electron chi connectivity index (χ2n) is 16.1. The van der Waals surface area contributed by atoms with Gasteiger partial charge in [-0.2, -0.15) is 0 Å². The largest absolute Gasteiger partial charge is 0.444 e. The highest BCUT2D eigenvalue weighted by Crippen LogP contribution is 2.50. The van der Waals surface area contributed by atoms with E-state index in [0.717, 1.165) is 32.5 Å². The van der Waals surface area contributed by atoms with Crippen molar-refractivity contribution in [2.75, 3.05) is 39.3 Å². The molecule has 6 fully saturated rings. The number of amides is 2. The number of ether oxygens (including phenoxy) is 2. The van der Waals surface area contributed by atoms with E-state index in [1.165, 1.54) is 38.5 Å². The summed E-state index contributed by atoms with van der Waals surface area (Å²) in [6.07, 6.45) is 9.67. The number of carbonyl (C=O) groups is 3. The van der Waals surface area contributed by atoms with Crippen LogP contribution in [-0.4, -0.2) is 120 Å². The van der Waals surface area contributed by atoms with Crippen molar-refractivity contribution in [3.8, 4) is 0 Å². The molecule has 0 bridgehead atoms. The summed E-state index contributed by atoms with van der Waals surface area (Å²) >= 11 is 0. The highest BCUT2D eigenvalue weighted by atomic mass is 19.1. The quantitative estimate of drug-likeness (QED) is 0.425. The third kappa shape index (κ3) is 6.44. The zero-order chi connectivity index (χ0) is 32.2. The van der Waals surface area contributed by atoms with Crippen LogP contribution in [0.1, 0.15) is 85.0 Å². The van der Waals surface area contributed by atoms with Crippen molar-refractivity contribution in [3.05, 3.63) is 11.8 Å². The van der Waals surface area contributed by atoms with E-state index in [9.17, 15) is 14.4 Å². The summed E-state index contributed by atoms with van der Waals surface area (Å²) < 4.78 is 28.5. The molecule has 2 amide bonds. The predicted octanol–water partition coefficient (Wildman–Crippen LogP) is 3.40. The van der Waals surface area contributed by atoms with Gasteiger partial charge in [0.1, 0.15) is 11.8 Å². The van der Waals surface area contributed by atoms with E-state index in [1.54, 1.807) is 4.90 Å². The summed E-state index contributed by atoms with van der Waals surface area (Å²) in [5.74, 6) is 0.0626. The number of alkyl halides is 1. The maximum Gasteiger partial charge on any atom is 0.407 e. The number of alkyl carbamates (subject to hydrolysis) is 1. The van der Waals surface area contributed by atoms with Crippen LogP contribution in [0.15, 0.2) is 11.8 Å². The Morgan fingerprint density at radius 2 is 1.76 bits per heavy atom. The highest BCUT2D eigenvalue weighted by Gasteiger charge is 2.60. The molecule has 10 atom stereocenters. The summed E-state index contributed by atoms with van der Waals surface area (Å²) in [6.45, 7) is 9.97. The molecule has 4 heterocycles. The first kappa shape index (κ1) is 32.3. The third-order valence-corrected chi connectivity index (χ3v) is 11.9. The van der Waals surface area contributed by atoms with Gasteiger partial charge in [-0.3, -0.25) is 9.59 Å². The molecule has 7 rings (SSSR count). The van der Waals surface area contributed by atoms with Crippen LogP contribution in [0, 0.1) is 17.8 Å². The maximum absolute atomic E-state index is 16.2. The van der Waals surface area contributed by atoms with Crippen molar-refractivity contribution in [3.63, 3.8) is 0 Å². The van der Waals surface area contributed by atoms with Gasteiger partial charge in [0.25, 0.3) is 5.91 Å². The van der Waals surface area contributed by atoms with E-state index in [1.807, 2.05) is 27.0 Å². The van der Waals surface area contributed by atoms with Crippen LogP contribution in [0.2, 0.25) is 0 Å². The number of Topliss-reactive ketones (excluding diaryl/α,β-unsaturated/α-hetero) is 1. The minimum atomic E-state index is -1.23. The average Bonchev–Trinajstić information content (AvgIpc) is 3.70. The predicted molar refractivity (Wildman–Crippen MR) is 171 cm³/mol. The van der Waals surface area contributed by atoms with E-state index in [2.05, 4.69) is 20.4 Å². The standard InChI is InChI=1S/C35H54FN5O5/c1-35(2,3)46-34(44)38-23-10-14-40(19-23)33(43)25-20-41-27-16-21-8-4-5-9-22(21)17-28(27)45-32-29(37-11-15-39-12-6-7-13-39)26(36)18-24(30(32)41)31(25)42/h20-24,26-30,32,37H,4-19H2,1-3H3,(H,38,44)/t21?,22?,23-,24?,26?,27?,28?,29?,30?,32?/m1/s1. The van der Waals surface area contributed by atoms with E-state index < -0.39 is 35.9 Å². The first-order valence-electron chi connectivity index (χ1n) is 18.1. The third-order valence-electron chi connectivity index (χ3n) is 11.9. The van der Waals surface area contributed by atoms with Gasteiger partial charge in [-0.1, -0.05) is 25.7 Å². The Balaban J connectivity index is 1.12. The highest BCUT2D eigenvalue weighted by molar-refractivity contribution is 6.20. The van der Waals surface area contributed by atoms with Crippen LogP contribution in [0.5, 0.6) is 0 Å². The number of fused-ring (bicyclic) bond motifs is 3. The lowest BCUT2D eigenvalue weighted by Gasteiger charge is -2.61. The van der Waals surface area contributed by atoms with Crippen LogP contribution >= 0.6 is 0 Å². The number of morpholine rings is 1. The molecule has 256 valence electrons. The molecule has 0 aromatic carbocycles. The van der Waals surface area contributed by atoms with Gasteiger partial charge in [0.15, 0.2) is 5.78 Å². The number of hydrogen-bond acceptors (Lipinski definition) is 8. The summed E-state index contributed by atoms with van der Waals surface area (Å²) in [5, 5.41) is 6.42. The zero-order valence-electron chi connectivity index (χ0n) is 27.9. The van der Waals surface area contributed by atoms with Gasteiger partial charge in [-0.25, -0.2) is 9.18 Å². The summed E-state index contributed by atoms with van der Waals surface area (Å²) in [5.41, 5.74) is -0.452. The van der Waals surface area contributed by atoms with Gasteiger partial charge in [0.05, 0.1) is 41.9 Å². The van der Waals surface area contributed by atoms with Crippen molar-refractivity contribution in [1.82, 2.24) is 25.3 Å². The van der Waals surface area contributed by atoms with Crippen molar-refractivity contribution in [2.45, 2.75) is 133 Å². The Kier molecular flexibility index (Phi) is 9.13.